The van der Waals surface area contributed by atoms with Crippen LogP contribution in [0.4, 0.5) is 4.39 Å². The molecule has 3 unspecified atom stereocenters. The summed E-state index contributed by atoms with van der Waals surface area (Å²) in [7, 11) is 1.85. The zero-order valence-electron chi connectivity index (χ0n) is 14.1. The van der Waals surface area contributed by atoms with Crippen LogP contribution in [-0.4, -0.2) is 56.2 Å². The molecule has 6 heteroatoms. The molecule has 124 valence electrons. The highest BCUT2D eigenvalue weighted by Gasteiger charge is 2.34. The second-order valence-electron chi connectivity index (χ2n) is 5.83. The van der Waals surface area contributed by atoms with E-state index in [0.717, 1.165) is 0 Å². The van der Waals surface area contributed by atoms with Gasteiger partial charge in [0.15, 0.2) is 6.30 Å². The largest absolute Gasteiger partial charge is 0.357 e. The topological polar surface area (TPSA) is 65.7 Å². The molecular formula is C15H32FN5. The van der Waals surface area contributed by atoms with Crippen LogP contribution in [0.5, 0.6) is 0 Å². The van der Waals surface area contributed by atoms with Crippen LogP contribution in [-0.2, 0) is 0 Å². The Bertz CT molecular complexity index is 332. The van der Waals surface area contributed by atoms with Crippen molar-refractivity contribution in [2.24, 2.45) is 16.6 Å². The van der Waals surface area contributed by atoms with E-state index in [9.17, 15) is 4.39 Å². The Morgan fingerprint density at radius 3 is 2.33 bits per heavy atom. The van der Waals surface area contributed by atoms with Gasteiger partial charge >= 0.3 is 0 Å². The highest BCUT2D eigenvalue weighted by atomic mass is 19.1. The highest BCUT2D eigenvalue weighted by molar-refractivity contribution is 5.24. The number of nitrogens with two attached hydrogens (primary N) is 1. The van der Waals surface area contributed by atoms with Gasteiger partial charge in [-0.3, -0.25) is 4.99 Å². The Morgan fingerprint density at radius 1 is 1.43 bits per heavy atom. The molecule has 0 heterocycles. The summed E-state index contributed by atoms with van der Waals surface area (Å²) >= 11 is 0. The number of alkyl halides is 1. The number of hydrogen-bond donors (Lipinski definition) is 3. The second-order valence-corrected chi connectivity index (χ2v) is 5.83. The number of hydrogen-bond acceptors (Lipinski definition) is 5. The van der Waals surface area contributed by atoms with Crippen LogP contribution in [0.1, 0.15) is 27.7 Å². The lowest BCUT2D eigenvalue weighted by atomic mass is 9.91. The van der Waals surface area contributed by atoms with Crippen molar-refractivity contribution >= 4 is 6.72 Å². The van der Waals surface area contributed by atoms with Crippen molar-refractivity contribution < 1.29 is 4.39 Å². The minimum atomic E-state index is -1.12. The smallest absolute Gasteiger partial charge is 0.173 e. The van der Waals surface area contributed by atoms with E-state index in [0.29, 0.717) is 25.5 Å². The normalized spacial score (nSPS) is 17.0. The first kappa shape index (κ1) is 19.9. The summed E-state index contributed by atoms with van der Waals surface area (Å²) in [6.45, 7) is 16.8. The molecule has 0 rings (SSSR count). The molecule has 21 heavy (non-hydrogen) atoms. The third-order valence-corrected chi connectivity index (χ3v) is 3.89. The summed E-state index contributed by atoms with van der Waals surface area (Å²) in [5, 5.41) is 6.06. The van der Waals surface area contributed by atoms with Crippen molar-refractivity contribution in [3.05, 3.63) is 12.4 Å². The van der Waals surface area contributed by atoms with E-state index in [1.54, 1.807) is 0 Å². The van der Waals surface area contributed by atoms with Crippen LogP contribution in [0.25, 0.3) is 0 Å². The fourth-order valence-electron chi connectivity index (χ4n) is 2.08. The first-order chi connectivity index (χ1) is 9.73. The van der Waals surface area contributed by atoms with Crippen molar-refractivity contribution in [1.29, 1.82) is 0 Å². The monoisotopic (exact) mass is 301 g/mol. The maximum atomic E-state index is 13.8. The van der Waals surface area contributed by atoms with Crippen LogP contribution in [0.3, 0.4) is 0 Å². The summed E-state index contributed by atoms with van der Waals surface area (Å²) in [4.78, 5) is 5.97. The summed E-state index contributed by atoms with van der Waals surface area (Å²) < 4.78 is 13.8. The van der Waals surface area contributed by atoms with E-state index in [1.165, 1.54) is 0 Å². The van der Waals surface area contributed by atoms with Crippen molar-refractivity contribution in [3.63, 3.8) is 0 Å². The Morgan fingerprint density at radius 2 is 2.00 bits per heavy atom. The van der Waals surface area contributed by atoms with E-state index < -0.39 is 11.8 Å². The molecule has 3 atom stereocenters. The van der Waals surface area contributed by atoms with Crippen LogP contribution in [0, 0.1) is 5.92 Å². The first-order valence-corrected chi connectivity index (χ1v) is 7.45. The maximum Gasteiger partial charge on any atom is 0.173 e. The van der Waals surface area contributed by atoms with Gasteiger partial charge in [-0.2, -0.15) is 0 Å². The quantitative estimate of drug-likeness (QED) is 0.398. The van der Waals surface area contributed by atoms with E-state index in [2.05, 4.69) is 28.9 Å². The van der Waals surface area contributed by atoms with Gasteiger partial charge in [-0.25, -0.2) is 4.39 Å². The molecule has 0 aromatic heterocycles. The number of nitrogens with one attached hydrogen (secondary N) is 2. The average molecular weight is 301 g/mol. The van der Waals surface area contributed by atoms with Gasteiger partial charge in [-0.15, -0.1) is 0 Å². The van der Waals surface area contributed by atoms with Gasteiger partial charge in [-0.1, -0.05) is 20.4 Å². The molecular weight excluding hydrogens is 269 g/mol. The van der Waals surface area contributed by atoms with E-state index in [-0.39, 0.29) is 12.0 Å². The molecule has 0 aliphatic heterocycles. The Balaban J connectivity index is 5.00. The predicted octanol–water partition coefficient (Wildman–Crippen LogP) is 1.33. The van der Waals surface area contributed by atoms with Crippen molar-refractivity contribution in [2.45, 2.75) is 45.6 Å². The Labute approximate surface area is 128 Å². The lowest BCUT2D eigenvalue weighted by Crippen LogP contribution is -2.64. The third kappa shape index (κ3) is 5.63. The van der Waals surface area contributed by atoms with E-state index in [4.69, 9.17) is 5.73 Å². The van der Waals surface area contributed by atoms with Crippen molar-refractivity contribution in [3.8, 4) is 0 Å². The molecule has 0 aliphatic carbocycles. The fraction of sp³-hybridized carbons (Fsp3) is 0.800. The molecule has 0 aromatic rings. The fourth-order valence-corrected chi connectivity index (χ4v) is 2.08. The SMILES string of the molecule is C=NCC(CN(CC)C(=C)NC(F)C(C)C)(NC)C(C)N. The van der Waals surface area contributed by atoms with Gasteiger partial charge < -0.3 is 21.3 Å². The molecule has 4 N–H and O–H groups in total. The number of aliphatic imine (C=N–C) groups is 1. The standard InChI is InChI=1S/C15H32FN5/c1-8-21(13(5)20-14(16)11(2)3)10-15(19-7,9-18-6)12(4)17/h11-12,14,19-20H,5-6,8-10,17H2,1-4,7H3. The minimum absolute atomic E-state index is 0.113. The van der Waals surface area contributed by atoms with Gasteiger partial charge in [0.1, 0.15) is 0 Å². The van der Waals surface area contributed by atoms with Gasteiger partial charge in [0.05, 0.1) is 17.9 Å². The van der Waals surface area contributed by atoms with E-state index in [1.807, 2.05) is 39.6 Å². The molecule has 0 saturated heterocycles. The second kappa shape index (κ2) is 9.00. The molecule has 5 nitrogen and oxygen atoms in total. The highest BCUT2D eigenvalue weighted by Crippen LogP contribution is 2.15. The zero-order chi connectivity index (χ0) is 16.6. The molecule has 0 saturated carbocycles. The molecule has 0 spiro atoms. The predicted molar refractivity (Wildman–Crippen MR) is 89.1 cm³/mol. The first-order valence-electron chi connectivity index (χ1n) is 7.45. The number of rotatable bonds is 11. The number of halogens is 1. The molecule has 0 amide bonds. The average Bonchev–Trinajstić information content (AvgIpc) is 2.42. The van der Waals surface area contributed by atoms with Gasteiger partial charge in [0.25, 0.3) is 0 Å². The van der Waals surface area contributed by atoms with Crippen LogP contribution < -0.4 is 16.4 Å². The number of likely N-dealkylation sites (N-methyl/N-ethyl adjacent to an activating group) is 2. The van der Waals surface area contributed by atoms with Crippen LogP contribution in [0.2, 0.25) is 0 Å². The zero-order valence-corrected chi connectivity index (χ0v) is 14.1. The molecule has 0 bridgehead atoms. The summed E-state index contributed by atoms with van der Waals surface area (Å²) in [5.41, 5.74) is 5.70. The van der Waals surface area contributed by atoms with E-state index >= 15 is 0 Å². The van der Waals surface area contributed by atoms with Crippen LogP contribution in [0.15, 0.2) is 17.4 Å². The van der Waals surface area contributed by atoms with Gasteiger partial charge in [0.2, 0.25) is 0 Å². The Kier molecular flexibility index (Phi) is 8.51. The van der Waals surface area contributed by atoms with Gasteiger partial charge in [0, 0.05) is 25.0 Å². The van der Waals surface area contributed by atoms with Gasteiger partial charge in [-0.05, 0) is 27.6 Å². The molecule has 0 radical (unpaired) electrons. The van der Waals surface area contributed by atoms with Crippen molar-refractivity contribution in [2.75, 3.05) is 26.7 Å². The van der Waals surface area contributed by atoms with Crippen LogP contribution >= 0.6 is 0 Å². The minimum Gasteiger partial charge on any atom is -0.357 e. The number of nitrogens with zero attached hydrogens (tertiary/aromatic N) is 2. The third-order valence-electron chi connectivity index (χ3n) is 3.89. The summed E-state index contributed by atoms with van der Waals surface area (Å²) in [6, 6.07) is -0.138. The lowest BCUT2D eigenvalue weighted by molar-refractivity contribution is 0.164. The molecule has 0 aromatic carbocycles. The molecule has 0 aliphatic rings. The summed E-state index contributed by atoms with van der Waals surface area (Å²) in [6.07, 6.45) is -1.12. The lowest BCUT2D eigenvalue weighted by Gasteiger charge is -2.41. The maximum absolute atomic E-state index is 13.8. The molecule has 0 fully saturated rings. The summed E-state index contributed by atoms with van der Waals surface area (Å²) in [5.74, 6) is 0.445. The Hall–Kier alpha value is -1.14. The van der Waals surface area contributed by atoms with Crippen molar-refractivity contribution in [1.82, 2.24) is 15.5 Å².